The van der Waals surface area contributed by atoms with Crippen LogP contribution in [0.3, 0.4) is 0 Å². The van der Waals surface area contributed by atoms with E-state index in [1.807, 2.05) is 24.3 Å². The van der Waals surface area contributed by atoms with Gasteiger partial charge in [-0.05, 0) is 23.8 Å². The zero-order chi connectivity index (χ0) is 21.1. The van der Waals surface area contributed by atoms with Crippen LogP contribution >= 0.6 is 11.6 Å². The second-order valence-corrected chi connectivity index (χ2v) is 7.57. The van der Waals surface area contributed by atoms with Crippen LogP contribution in [0.1, 0.15) is 33.1 Å². The average molecular weight is 424 g/mol. The van der Waals surface area contributed by atoms with Crippen LogP contribution < -0.4 is 0 Å². The summed E-state index contributed by atoms with van der Waals surface area (Å²) in [6.07, 6.45) is 0. The number of ether oxygens (including phenoxy) is 1. The molecule has 0 saturated carbocycles. The molecular formula is C24H22ClNO4. The Balaban J connectivity index is 1.86. The van der Waals surface area contributed by atoms with Crippen molar-refractivity contribution < 1.29 is 19.7 Å². The third kappa shape index (κ3) is 3.92. The van der Waals surface area contributed by atoms with Gasteiger partial charge >= 0.3 is 0 Å². The van der Waals surface area contributed by atoms with Gasteiger partial charge in [0.15, 0.2) is 5.78 Å². The van der Waals surface area contributed by atoms with Gasteiger partial charge in [-0.1, -0.05) is 60.1 Å². The van der Waals surface area contributed by atoms with Gasteiger partial charge < -0.3 is 14.9 Å². The molecule has 0 radical (unpaired) electrons. The van der Waals surface area contributed by atoms with Crippen molar-refractivity contribution in [3.8, 4) is 11.5 Å². The zero-order valence-electron chi connectivity index (χ0n) is 16.3. The highest BCUT2D eigenvalue weighted by atomic mass is 35.5. The predicted molar refractivity (Wildman–Crippen MR) is 115 cm³/mol. The lowest BCUT2D eigenvalue weighted by Gasteiger charge is -2.36. The summed E-state index contributed by atoms with van der Waals surface area (Å²) < 4.78 is 5.48. The molecule has 0 amide bonds. The standard InChI is InChI=1S/C24H22ClNO4/c25-19-9-5-4-8-17(19)22(26-12-14-30-15-13-26)21-20(27)11-10-18(24(21)29)23(28)16-6-2-1-3-7-16/h1-11,22,27,29H,12-15H2/t22-/m1/s1. The monoisotopic (exact) mass is 423 g/mol. The van der Waals surface area contributed by atoms with Gasteiger partial charge in [-0.15, -0.1) is 0 Å². The highest BCUT2D eigenvalue weighted by Crippen LogP contribution is 2.44. The van der Waals surface area contributed by atoms with E-state index in [4.69, 9.17) is 16.3 Å². The molecule has 2 N–H and O–H groups in total. The summed E-state index contributed by atoms with van der Waals surface area (Å²) in [4.78, 5) is 15.1. The molecule has 0 spiro atoms. The summed E-state index contributed by atoms with van der Waals surface area (Å²) in [5, 5.41) is 22.4. The first kappa shape index (κ1) is 20.4. The van der Waals surface area contributed by atoms with E-state index < -0.39 is 6.04 Å². The highest BCUT2D eigenvalue weighted by molar-refractivity contribution is 6.31. The molecule has 154 valence electrons. The molecule has 6 heteroatoms. The van der Waals surface area contributed by atoms with Crippen molar-refractivity contribution in [3.63, 3.8) is 0 Å². The maximum absolute atomic E-state index is 13.0. The van der Waals surface area contributed by atoms with Crippen molar-refractivity contribution in [1.29, 1.82) is 0 Å². The molecule has 1 aliphatic rings. The summed E-state index contributed by atoms with van der Waals surface area (Å²) in [6.45, 7) is 2.27. The Morgan fingerprint density at radius 2 is 1.60 bits per heavy atom. The molecule has 0 unspecified atom stereocenters. The number of hydrogen-bond donors (Lipinski definition) is 2. The van der Waals surface area contributed by atoms with E-state index in [1.54, 1.807) is 30.3 Å². The number of morpholine rings is 1. The Bertz CT molecular complexity index is 1050. The number of benzene rings is 3. The molecule has 4 rings (SSSR count). The van der Waals surface area contributed by atoms with Crippen LogP contribution in [0.15, 0.2) is 66.7 Å². The smallest absolute Gasteiger partial charge is 0.196 e. The van der Waals surface area contributed by atoms with Crippen molar-refractivity contribution in [3.05, 3.63) is 94.0 Å². The number of nitrogens with zero attached hydrogens (tertiary/aromatic N) is 1. The minimum Gasteiger partial charge on any atom is -0.507 e. The summed E-state index contributed by atoms with van der Waals surface area (Å²) in [6, 6.07) is 18.5. The summed E-state index contributed by atoms with van der Waals surface area (Å²) in [7, 11) is 0. The minimum atomic E-state index is -0.522. The lowest BCUT2D eigenvalue weighted by molar-refractivity contribution is 0.0231. The zero-order valence-corrected chi connectivity index (χ0v) is 17.0. The predicted octanol–water partition coefficient (Wildman–Crippen LogP) is 4.40. The summed E-state index contributed by atoms with van der Waals surface area (Å²) in [5.41, 5.74) is 1.62. The van der Waals surface area contributed by atoms with E-state index in [-0.39, 0.29) is 28.4 Å². The molecule has 1 heterocycles. The van der Waals surface area contributed by atoms with Crippen molar-refractivity contribution in [2.24, 2.45) is 0 Å². The van der Waals surface area contributed by atoms with Gasteiger partial charge in [0.05, 0.1) is 30.4 Å². The fourth-order valence-corrected chi connectivity index (χ4v) is 4.10. The fraction of sp³-hybridized carbons (Fsp3) is 0.208. The second kappa shape index (κ2) is 8.88. The van der Waals surface area contributed by atoms with Crippen LogP contribution in [0.4, 0.5) is 0 Å². The third-order valence-electron chi connectivity index (χ3n) is 5.36. The van der Waals surface area contributed by atoms with E-state index in [2.05, 4.69) is 4.90 Å². The van der Waals surface area contributed by atoms with Crippen LogP contribution in [0.5, 0.6) is 11.5 Å². The van der Waals surface area contributed by atoms with E-state index in [1.165, 1.54) is 12.1 Å². The number of aromatic hydroxyl groups is 2. The van der Waals surface area contributed by atoms with E-state index in [0.29, 0.717) is 36.9 Å². The summed E-state index contributed by atoms with van der Waals surface area (Å²) in [5.74, 6) is -0.636. The number of rotatable bonds is 5. The lowest BCUT2D eigenvalue weighted by Crippen LogP contribution is -2.39. The molecule has 30 heavy (non-hydrogen) atoms. The highest BCUT2D eigenvalue weighted by Gasteiger charge is 2.32. The molecule has 5 nitrogen and oxygen atoms in total. The van der Waals surface area contributed by atoms with Gasteiger partial charge in [0.25, 0.3) is 0 Å². The van der Waals surface area contributed by atoms with Gasteiger partial charge in [-0.2, -0.15) is 0 Å². The van der Waals surface area contributed by atoms with Gasteiger partial charge in [0.1, 0.15) is 11.5 Å². The van der Waals surface area contributed by atoms with E-state index in [0.717, 1.165) is 5.56 Å². The third-order valence-corrected chi connectivity index (χ3v) is 5.70. The quantitative estimate of drug-likeness (QED) is 0.595. The number of phenolic OH excluding ortho intramolecular Hbond substituents is 2. The number of ketones is 1. The molecule has 3 aromatic carbocycles. The van der Waals surface area contributed by atoms with Crippen LogP contribution in [0.25, 0.3) is 0 Å². The van der Waals surface area contributed by atoms with E-state index in [9.17, 15) is 15.0 Å². The van der Waals surface area contributed by atoms with Crippen LogP contribution in [-0.2, 0) is 4.74 Å². The SMILES string of the molecule is O=C(c1ccccc1)c1ccc(O)c([C@@H](c2ccccc2Cl)N2CCOCC2)c1O. The van der Waals surface area contributed by atoms with Crippen molar-refractivity contribution in [2.45, 2.75) is 6.04 Å². The first-order valence-corrected chi connectivity index (χ1v) is 10.2. The van der Waals surface area contributed by atoms with Gasteiger partial charge in [-0.25, -0.2) is 0 Å². The Hall–Kier alpha value is -2.86. The fourth-order valence-electron chi connectivity index (χ4n) is 3.86. The van der Waals surface area contributed by atoms with E-state index >= 15 is 0 Å². The molecule has 3 aromatic rings. The van der Waals surface area contributed by atoms with Crippen molar-refractivity contribution in [1.82, 2.24) is 4.90 Å². The Morgan fingerprint density at radius 1 is 0.933 bits per heavy atom. The first-order chi connectivity index (χ1) is 14.6. The molecule has 0 bridgehead atoms. The largest absolute Gasteiger partial charge is 0.507 e. The first-order valence-electron chi connectivity index (χ1n) is 9.78. The molecule has 1 fully saturated rings. The minimum absolute atomic E-state index is 0.0893. The Labute approximate surface area is 180 Å². The number of hydrogen-bond acceptors (Lipinski definition) is 5. The molecule has 0 aliphatic carbocycles. The number of carbonyl (C=O) groups excluding carboxylic acids is 1. The van der Waals surface area contributed by atoms with Crippen LogP contribution in [-0.4, -0.2) is 47.2 Å². The normalized spacial score (nSPS) is 15.6. The van der Waals surface area contributed by atoms with Crippen molar-refractivity contribution in [2.75, 3.05) is 26.3 Å². The number of carbonyl (C=O) groups is 1. The maximum Gasteiger partial charge on any atom is 0.196 e. The molecule has 1 saturated heterocycles. The lowest BCUT2D eigenvalue weighted by atomic mass is 9.91. The number of phenols is 2. The van der Waals surface area contributed by atoms with Crippen LogP contribution in [0.2, 0.25) is 5.02 Å². The number of halogens is 1. The van der Waals surface area contributed by atoms with Gasteiger partial charge in [0.2, 0.25) is 0 Å². The maximum atomic E-state index is 13.0. The average Bonchev–Trinajstić information content (AvgIpc) is 2.78. The van der Waals surface area contributed by atoms with Crippen molar-refractivity contribution >= 4 is 17.4 Å². The van der Waals surface area contributed by atoms with Gasteiger partial charge in [0, 0.05) is 23.7 Å². The van der Waals surface area contributed by atoms with Gasteiger partial charge in [-0.3, -0.25) is 9.69 Å². The molecular weight excluding hydrogens is 402 g/mol. The second-order valence-electron chi connectivity index (χ2n) is 7.16. The molecule has 1 atom stereocenters. The Morgan fingerprint density at radius 3 is 2.30 bits per heavy atom. The molecule has 0 aromatic heterocycles. The summed E-state index contributed by atoms with van der Waals surface area (Å²) >= 11 is 6.50. The topological polar surface area (TPSA) is 70.0 Å². The Kier molecular flexibility index (Phi) is 6.04. The molecule has 1 aliphatic heterocycles. The van der Waals surface area contributed by atoms with Crippen LogP contribution in [0, 0.1) is 0 Å².